The molecule has 9 heteroatoms. The van der Waals surface area contributed by atoms with Gasteiger partial charge < -0.3 is 19.5 Å². The number of hydrogen-bond donors (Lipinski definition) is 1. The van der Waals surface area contributed by atoms with Crippen molar-refractivity contribution in [2.24, 2.45) is 0 Å². The van der Waals surface area contributed by atoms with E-state index in [2.05, 4.69) is 15.3 Å². The van der Waals surface area contributed by atoms with Gasteiger partial charge in [0.25, 0.3) is 5.91 Å². The molecule has 2 aromatic heterocycles. The predicted octanol–water partition coefficient (Wildman–Crippen LogP) is 5.89. The van der Waals surface area contributed by atoms with Crippen LogP contribution in [-0.2, 0) is 0 Å². The second-order valence-corrected chi connectivity index (χ2v) is 7.94. The number of carbonyl (C=O) groups excluding carboxylic acids is 1. The maximum absolute atomic E-state index is 14.9. The molecular formula is C26H21F2N3O4. The number of benzene rings is 2. The Hall–Kier alpha value is -4.27. The lowest BCUT2D eigenvalue weighted by Gasteiger charge is -2.13. The Morgan fingerprint density at radius 3 is 2.57 bits per heavy atom. The topological polar surface area (TPSA) is 82.6 Å². The molecular weight excluding hydrogens is 456 g/mol. The van der Waals surface area contributed by atoms with Crippen molar-refractivity contribution in [3.05, 3.63) is 78.3 Å². The van der Waals surface area contributed by atoms with Gasteiger partial charge >= 0.3 is 0 Å². The summed E-state index contributed by atoms with van der Waals surface area (Å²) in [7, 11) is 0. The van der Waals surface area contributed by atoms with Gasteiger partial charge in [0.15, 0.2) is 17.4 Å². The highest BCUT2D eigenvalue weighted by Gasteiger charge is 2.26. The number of nitrogens with zero attached hydrogens (tertiary/aromatic N) is 2. The average Bonchev–Trinajstić information content (AvgIpc) is 3.66. The number of pyridine rings is 2. The monoisotopic (exact) mass is 477 g/mol. The van der Waals surface area contributed by atoms with Crippen molar-refractivity contribution in [3.63, 3.8) is 0 Å². The Bertz CT molecular complexity index is 1390. The number of rotatable bonds is 8. The minimum absolute atomic E-state index is 0.0699. The van der Waals surface area contributed by atoms with Crippen LogP contribution in [0.4, 0.5) is 14.5 Å². The molecule has 1 saturated carbocycles. The Balaban J connectivity index is 1.37. The maximum Gasteiger partial charge on any atom is 0.261 e. The largest absolute Gasteiger partial charge is 0.494 e. The predicted molar refractivity (Wildman–Crippen MR) is 125 cm³/mol. The molecule has 0 unspecified atom stereocenters. The van der Waals surface area contributed by atoms with Gasteiger partial charge in [0.2, 0.25) is 0 Å². The number of amides is 1. The molecule has 0 atom stereocenters. The third-order valence-corrected chi connectivity index (χ3v) is 5.30. The highest BCUT2D eigenvalue weighted by molar-refractivity contribution is 6.06. The van der Waals surface area contributed by atoms with Crippen LogP contribution in [0.2, 0.25) is 0 Å². The third kappa shape index (κ3) is 4.98. The van der Waals surface area contributed by atoms with E-state index in [9.17, 15) is 13.6 Å². The van der Waals surface area contributed by atoms with Gasteiger partial charge in [0.05, 0.1) is 23.8 Å². The Morgan fingerprint density at radius 2 is 1.83 bits per heavy atom. The van der Waals surface area contributed by atoms with Crippen LogP contribution in [0.25, 0.3) is 10.9 Å². The highest BCUT2D eigenvalue weighted by Crippen LogP contribution is 2.35. The van der Waals surface area contributed by atoms with Crippen molar-refractivity contribution in [3.8, 4) is 23.0 Å². The zero-order valence-corrected chi connectivity index (χ0v) is 18.8. The van der Waals surface area contributed by atoms with E-state index in [1.807, 2.05) is 6.92 Å². The molecule has 1 N–H and O–H groups in total. The lowest BCUT2D eigenvalue weighted by atomic mass is 10.2. The number of ether oxygens (including phenoxy) is 3. The van der Waals surface area contributed by atoms with Crippen molar-refractivity contribution in [2.75, 3.05) is 11.9 Å². The molecule has 0 saturated heterocycles. The van der Waals surface area contributed by atoms with Crippen LogP contribution in [0.5, 0.6) is 23.0 Å². The first-order chi connectivity index (χ1) is 17.0. The molecule has 2 aromatic carbocycles. The summed E-state index contributed by atoms with van der Waals surface area (Å²) in [4.78, 5) is 20.9. The Labute approximate surface area is 199 Å². The first-order valence-corrected chi connectivity index (χ1v) is 11.1. The quantitative estimate of drug-likeness (QED) is 0.341. The van der Waals surface area contributed by atoms with Crippen LogP contribution in [0.1, 0.15) is 30.1 Å². The molecule has 5 rings (SSSR count). The first-order valence-electron chi connectivity index (χ1n) is 11.1. The second-order valence-electron chi connectivity index (χ2n) is 7.94. The van der Waals surface area contributed by atoms with Crippen molar-refractivity contribution >= 4 is 22.5 Å². The molecule has 0 radical (unpaired) electrons. The molecule has 178 valence electrons. The van der Waals surface area contributed by atoms with Crippen LogP contribution in [-0.4, -0.2) is 28.6 Å². The molecule has 0 spiro atoms. The van der Waals surface area contributed by atoms with Gasteiger partial charge in [-0.3, -0.25) is 14.8 Å². The Morgan fingerprint density at radius 1 is 1.06 bits per heavy atom. The molecule has 1 fully saturated rings. The van der Waals surface area contributed by atoms with E-state index < -0.39 is 23.3 Å². The molecule has 1 aliphatic carbocycles. The number of fused-ring (bicyclic) bond motifs is 1. The van der Waals surface area contributed by atoms with Gasteiger partial charge in [-0.2, -0.15) is 0 Å². The van der Waals surface area contributed by atoms with Crippen molar-refractivity contribution in [2.45, 2.75) is 25.9 Å². The van der Waals surface area contributed by atoms with E-state index in [4.69, 9.17) is 14.2 Å². The molecule has 4 aromatic rings. The number of carbonyl (C=O) groups is 1. The zero-order chi connectivity index (χ0) is 24.4. The zero-order valence-electron chi connectivity index (χ0n) is 18.8. The number of nitrogens with one attached hydrogen (secondary N) is 1. The lowest BCUT2D eigenvalue weighted by molar-refractivity contribution is 0.102. The fourth-order valence-corrected chi connectivity index (χ4v) is 3.51. The molecule has 2 heterocycles. The summed E-state index contributed by atoms with van der Waals surface area (Å²) >= 11 is 0. The smallest absolute Gasteiger partial charge is 0.261 e. The molecule has 0 aliphatic heterocycles. The summed E-state index contributed by atoms with van der Waals surface area (Å²) in [6, 6.07) is 10.2. The van der Waals surface area contributed by atoms with Gasteiger partial charge in [-0.15, -0.1) is 0 Å². The van der Waals surface area contributed by atoms with Crippen LogP contribution in [0, 0.1) is 11.6 Å². The summed E-state index contributed by atoms with van der Waals surface area (Å²) in [5, 5.41) is 3.06. The second kappa shape index (κ2) is 9.54. The van der Waals surface area contributed by atoms with E-state index in [1.54, 1.807) is 24.3 Å². The molecule has 1 aliphatic rings. The molecule has 0 bridgehead atoms. The number of hydrogen-bond acceptors (Lipinski definition) is 6. The van der Waals surface area contributed by atoms with E-state index in [0.717, 1.165) is 25.0 Å². The van der Waals surface area contributed by atoms with Crippen molar-refractivity contribution in [1.82, 2.24) is 9.97 Å². The maximum atomic E-state index is 14.9. The summed E-state index contributed by atoms with van der Waals surface area (Å²) in [5.41, 5.74) is 0.661. The highest BCUT2D eigenvalue weighted by atomic mass is 19.1. The lowest BCUT2D eigenvalue weighted by Crippen LogP contribution is -2.15. The van der Waals surface area contributed by atoms with Crippen LogP contribution in [0.15, 0.2) is 61.1 Å². The summed E-state index contributed by atoms with van der Waals surface area (Å²) in [6.45, 7) is 2.36. The van der Waals surface area contributed by atoms with Gasteiger partial charge in [0, 0.05) is 47.9 Å². The van der Waals surface area contributed by atoms with E-state index >= 15 is 0 Å². The summed E-state index contributed by atoms with van der Waals surface area (Å²) in [5.74, 6) is -1.91. The first kappa shape index (κ1) is 22.5. The fraction of sp³-hybridized carbons (Fsp3) is 0.192. The number of anilines is 1. The average molecular weight is 477 g/mol. The number of aromatic nitrogens is 2. The van der Waals surface area contributed by atoms with Crippen LogP contribution < -0.4 is 19.5 Å². The summed E-state index contributed by atoms with van der Waals surface area (Å²) < 4.78 is 46.6. The van der Waals surface area contributed by atoms with Gasteiger partial charge in [0.1, 0.15) is 17.2 Å². The molecule has 1 amide bonds. The third-order valence-electron chi connectivity index (χ3n) is 5.30. The number of halogens is 2. The SMILES string of the molecule is CCOc1ccc2c(Oc3c(F)cc(NC(=O)c4cnccc4OC4CC4)cc3F)ccnc2c1. The summed E-state index contributed by atoms with van der Waals surface area (Å²) in [6.07, 6.45) is 6.25. The molecule has 7 nitrogen and oxygen atoms in total. The molecule has 35 heavy (non-hydrogen) atoms. The Kier molecular flexibility index (Phi) is 6.13. The van der Waals surface area contributed by atoms with E-state index in [1.165, 1.54) is 24.7 Å². The van der Waals surface area contributed by atoms with Gasteiger partial charge in [-0.25, -0.2) is 8.78 Å². The van der Waals surface area contributed by atoms with Gasteiger partial charge in [-0.05, 0) is 44.0 Å². The van der Waals surface area contributed by atoms with Crippen LogP contribution >= 0.6 is 0 Å². The van der Waals surface area contributed by atoms with E-state index in [0.29, 0.717) is 29.0 Å². The van der Waals surface area contributed by atoms with Crippen LogP contribution in [0.3, 0.4) is 0 Å². The minimum atomic E-state index is -0.975. The van der Waals surface area contributed by atoms with Crippen molar-refractivity contribution in [1.29, 1.82) is 0 Å². The minimum Gasteiger partial charge on any atom is -0.494 e. The van der Waals surface area contributed by atoms with E-state index in [-0.39, 0.29) is 23.1 Å². The standard InChI is InChI=1S/C26H21F2N3O4/c1-2-33-17-5-6-18-22(13-17)30-10-8-23(18)35-25-20(27)11-15(12-21(25)28)31-26(32)19-14-29-9-7-24(19)34-16-3-4-16/h5-14,16H,2-4H2,1H3,(H,31,32). The fourth-order valence-electron chi connectivity index (χ4n) is 3.51. The van der Waals surface area contributed by atoms with Gasteiger partial charge in [-0.1, -0.05) is 0 Å². The normalized spacial score (nSPS) is 12.9. The van der Waals surface area contributed by atoms with Crippen molar-refractivity contribution < 1.29 is 27.8 Å².